The molecular formula is C22H23N7O2S. The fourth-order valence-corrected chi connectivity index (χ4v) is 4.33. The lowest BCUT2D eigenvalue weighted by Crippen LogP contribution is -2.27. The first-order valence-corrected chi connectivity index (χ1v) is 12.1. The molecule has 4 aromatic rings. The smallest absolute Gasteiger partial charge is 0.233 e. The van der Waals surface area contributed by atoms with E-state index >= 15 is 0 Å². The molecule has 0 aliphatic carbocycles. The minimum atomic E-state index is -3.42. The second-order valence-corrected chi connectivity index (χ2v) is 9.82. The van der Waals surface area contributed by atoms with E-state index in [9.17, 15) is 8.42 Å². The molecule has 0 bridgehead atoms. The molecule has 0 radical (unpaired) electrons. The Morgan fingerprint density at radius 1 is 1.22 bits per heavy atom. The fourth-order valence-electron chi connectivity index (χ4n) is 3.85. The van der Waals surface area contributed by atoms with Crippen LogP contribution in [0.1, 0.15) is 11.1 Å². The number of fused-ring (bicyclic) bond motifs is 2. The Morgan fingerprint density at radius 3 is 2.94 bits per heavy atom. The fraction of sp³-hybridized carbons (Fsp3) is 0.227. The highest BCUT2D eigenvalue weighted by molar-refractivity contribution is 7.92. The Hall–Kier alpha value is -3.66. The highest BCUT2D eigenvalue weighted by Gasteiger charge is 2.18. The van der Waals surface area contributed by atoms with E-state index in [1.165, 1.54) is 22.6 Å². The second-order valence-electron chi connectivity index (χ2n) is 7.81. The maximum Gasteiger partial charge on any atom is 0.233 e. The van der Waals surface area contributed by atoms with Gasteiger partial charge in [0.05, 0.1) is 12.8 Å². The van der Waals surface area contributed by atoms with Crippen LogP contribution >= 0.6 is 0 Å². The maximum absolute atomic E-state index is 12.0. The van der Waals surface area contributed by atoms with Gasteiger partial charge in [0.1, 0.15) is 11.5 Å². The van der Waals surface area contributed by atoms with Crippen LogP contribution in [-0.2, 0) is 23.0 Å². The number of hydrogen-bond acceptors (Lipinski definition) is 7. The third-order valence-corrected chi connectivity index (χ3v) is 6.74. The van der Waals surface area contributed by atoms with Gasteiger partial charge in [-0.2, -0.15) is 4.98 Å². The summed E-state index contributed by atoms with van der Waals surface area (Å²) in [5, 5.41) is 7.55. The Kier molecular flexibility index (Phi) is 4.93. The quantitative estimate of drug-likeness (QED) is 0.466. The lowest BCUT2D eigenvalue weighted by Gasteiger charge is -2.19. The second kappa shape index (κ2) is 7.79. The van der Waals surface area contributed by atoms with Crippen LogP contribution in [-0.4, -0.2) is 47.8 Å². The summed E-state index contributed by atoms with van der Waals surface area (Å²) in [5.74, 6) is 0.902. The van der Waals surface area contributed by atoms with Crippen molar-refractivity contribution in [2.24, 2.45) is 0 Å². The Bertz CT molecular complexity index is 1420. The molecule has 9 nitrogen and oxygen atoms in total. The summed E-state index contributed by atoms with van der Waals surface area (Å²) in [7, 11) is -1.92. The van der Waals surface area contributed by atoms with E-state index in [2.05, 4.69) is 32.7 Å². The molecule has 0 saturated carbocycles. The van der Waals surface area contributed by atoms with Gasteiger partial charge in [0.15, 0.2) is 0 Å². The summed E-state index contributed by atoms with van der Waals surface area (Å²) >= 11 is 0. The first kappa shape index (κ1) is 20.3. The Morgan fingerprint density at radius 2 is 2.09 bits per heavy atom. The summed E-state index contributed by atoms with van der Waals surface area (Å²) in [6.45, 7) is 1.38. The zero-order valence-corrected chi connectivity index (χ0v) is 18.6. The van der Waals surface area contributed by atoms with Gasteiger partial charge in [0.25, 0.3) is 0 Å². The van der Waals surface area contributed by atoms with E-state index in [1.807, 2.05) is 29.0 Å². The minimum Gasteiger partial charge on any atom is -0.384 e. The van der Waals surface area contributed by atoms with Crippen LogP contribution in [0.25, 0.3) is 11.0 Å². The predicted molar refractivity (Wildman–Crippen MR) is 126 cm³/mol. The average molecular weight is 450 g/mol. The molecule has 2 N–H and O–H groups in total. The first-order chi connectivity index (χ1) is 15.4. The van der Waals surface area contributed by atoms with E-state index in [0.717, 1.165) is 41.5 Å². The molecule has 1 aromatic carbocycles. The van der Waals surface area contributed by atoms with E-state index in [1.54, 1.807) is 18.5 Å². The molecule has 0 amide bonds. The number of aromatic nitrogens is 4. The number of rotatable bonds is 6. The molecular weight excluding hydrogens is 426 g/mol. The van der Waals surface area contributed by atoms with Crippen molar-refractivity contribution in [3.8, 4) is 0 Å². The normalized spacial score (nSPS) is 13.1. The van der Waals surface area contributed by atoms with Gasteiger partial charge in [-0.1, -0.05) is 6.07 Å². The van der Waals surface area contributed by atoms with Crippen molar-refractivity contribution >= 4 is 44.2 Å². The number of sulfonamides is 1. The van der Waals surface area contributed by atoms with Crippen LogP contribution in [0.4, 0.5) is 23.1 Å². The van der Waals surface area contributed by atoms with Crippen molar-refractivity contribution in [1.82, 2.24) is 19.5 Å². The van der Waals surface area contributed by atoms with E-state index in [4.69, 9.17) is 4.98 Å². The molecule has 0 saturated heterocycles. The van der Waals surface area contributed by atoms with Gasteiger partial charge in [0, 0.05) is 54.5 Å². The third-order valence-electron chi connectivity index (χ3n) is 5.58. The molecule has 1 aliphatic heterocycles. The lowest BCUT2D eigenvalue weighted by molar-refractivity contribution is 0.599. The largest absolute Gasteiger partial charge is 0.384 e. The summed E-state index contributed by atoms with van der Waals surface area (Å²) in [6.07, 6.45) is 7.45. The van der Waals surface area contributed by atoms with Gasteiger partial charge in [-0.3, -0.25) is 4.31 Å². The van der Waals surface area contributed by atoms with E-state index < -0.39 is 10.0 Å². The van der Waals surface area contributed by atoms with Gasteiger partial charge >= 0.3 is 0 Å². The van der Waals surface area contributed by atoms with Crippen molar-refractivity contribution in [2.75, 3.05) is 34.8 Å². The molecule has 164 valence electrons. The van der Waals surface area contributed by atoms with Gasteiger partial charge in [-0.15, -0.1) is 0 Å². The van der Waals surface area contributed by atoms with Crippen molar-refractivity contribution in [3.05, 3.63) is 66.1 Å². The third kappa shape index (κ3) is 3.84. The molecule has 3 aromatic heterocycles. The van der Waals surface area contributed by atoms with E-state index in [-0.39, 0.29) is 0 Å². The number of nitrogens with one attached hydrogen (secondary N) is 2. The van der Waals surface area contributed by atoms with Gasteiger partial charge in [0.2, 0.25) is 16.0 Å². The summed E-state index contributed by atoms with van der Waals surface area (Å²) < 4.78 is 27.2. The van der Waals surface area contributed by atoms with E-state index in [0.29, 0.717) is 18.3 Å². The van der Waals surface area contributed by atoms with Crippen LogP contribution < -0.4 is 14.9 Å². The average Bonchev–Trinajstić information content (AvgIpc) is 3.40. The molecule has 0 unspecified atom stereocenters. The number of benzene rings is 1. The van der Waals surface area contributed by atoms with Crippen molar-refractivity contribution < 1.29 is 8.42 Å². The van der Waals surface area contributed by atoms with Gasteiger partial charge < -0.3 is 15.2 Å². The topological polar surface area (TPSA) is 105 Å². The number of pyridine rings is 1. The number of hydrogen-bond donors (Lipinski definition) is 2. The monoisotopic (exact) mass is 449 g/mol. The van der Waals surface area contributed by atoms with Crippen LogP contribution in [0.15, 0.2) is 55.0 Å². The minimum absolute atomic E-state index is 0.399. The zero-order chi connectivity index (χ0) is 22.3. The zero-order valence-electron chi connectivity index (χ0n) is 17.8. The van der Waals surface area contributed by atoms with Gasteiger partial charge in [-0.05, 0) is 42.3 Å². The highest BCUT2D eigenvalue weighted by atomic mass is 32.2. The van der Waals surface area contributed by atoms with Crippen LogP contribution in [0, 0.1) is 0 Å². The standard InChI is InChI=1S/C22H23N7O2S/c1-28(32(2,30)31)20-17(4-3-9-24-20)14-29-11-8-16-13-25-22(27-21(16)29)26-18-5-6-19-15(12-18)7-10-23-19/h3-6,8-9,11-13,23H,7,10,14H2,1-2H3,(H,25,26,27). The summed E-state index contributed by atoms with van der Waals surface area (Å²) in [5.41, 5.74) is 4.92. The van der Waals surface area contributed by atoms with Gasteiger partial charge in [-0.25, -0.2) is 18.4 Å². The number of anilines is 4. The molecule has 0 atom stereocenters. The summed E-state index contributed by atoms with van der Waals surface area (Å²) in [4.78, 5) is 13.5. The molecule has 0 fully saturated rings. The molecule has 0 spiro atoms. The number of nitrogens with zero attached hydrogens (tertiary/aromatic N) is 5. The molecule has 4 heterocycles. The molecule has 10 heteroatoms. The molecule has 1 aliphatic rings. The molecule has 5 rings (SSSR count). The Labute approximate surface area is 186 Å². The lowest BCUT2D eigenvalue weighted by atomic mass is 10.1. The van der Waals surface area contributed by atoms with Crippen LogP contribution in [0.5, 0.6) is 0 Å². The first-order valence-electron chi connectivity index (χ1n) is 10.2. The summed E-state index contributed by atoms with van der Waals surface area (Å²) in [6, 6.07) is 11.8. The maximum atomic E-state index is 12.0. The van der Waals surface area contributed by atoms with Crippen molar-refractivity contribution in [3.63, 3.8) is 0 Å². The predicted octanol–water partition coefficient (Wildman–Crippen LogP) is 2.98. The van der Waals surface area contributed by atoms with Crippen molar-refractivity contribution in [2.45, 2.75) is 13.0 Å². The molecule has 32 heavy (non-hydrogen) atoms. The van der Waals surface area contributed by atoms with Crippen molar-refractivity contribution in [1.29, 1.82) is 0 Å². The SMILES string of the molecule is CN(c1ncccc1Cn1ccc2cnc(Nc3ccc4c(c3)CCN4)nc21)S(C)(=O)=O. The van der Waals surface area contributed by atoms with Crippen LogP contribution in [0.2, 0.25) is 0 Å². The van der Waals surface area contributed by atoms with Crippen LogP contribution in [0.3, 0.4) is 0 Å². The Balaban J connectivity index is 1.45. The highest BCUT2D eigenvalue weighted by Crippen LogP contribution is 2.27.